The van der Waals surface area contributed by atoms with Crippen LogP contribution in [0.15, 0.2) is 77.2 Å². The van der Waals surface area contributed by atoms with Crippen molar-refractivity contribution in [2.24, 2.45) is 0 Å². The zero-order chi connectivity index (χ0) is 19.5. The van der Waals surface area contributed by atoms with E-state index in [0.717, 1.165) is 16.8 Å². The number of nitrogens with zero attached hydrogens (tertiary/aromatic N) is 2. The maximum Gasteiger partial charge on any atom is 0.250 e. The Balaban J connectivity index is 1.73. The van der Waals surface area contributed by atoms with Gasteiger partial charge < -0.3 is 9.73 Å². The van der Waals surface area contributed by atoms with Gasteiger partial charge in [0.1, 0.15) is 11.9 Å². The Morgan fingerprint density at radius 1 is 0.964 bits per heavy atom. The molecule has 3 aromatic carbocycles. The summed E-state index contributed by atoms with van der Waals surface area (Å²) in [7, 11) is 0. The van der Waals surface area contributed by atoms with Crippen molar-refractivity contribution in [3.05, 3.63) is 101 Å². The molecular weight excluding hydrogens is 377 g/mol. The SMILES string of the molecule is Cc1ccc(NC(c2ccccc2)c2nnc(-c3ccccc3F)o2)c(Cl)c1. The number of aromatic nitrogens is 2. The first kappa shape index (κ1) is 18.2. The maximum absolute atomic E-state index is 14.1. The number of benzene rings is 3. The summed E-state index contributed by atoms with van der Waals surface area (Å²) in [5, 5.41) is 12.2. The summed E-state index contributed by atoms with van der Waals surface area (Å²) in [6, 6.07) is 21.3. The first-order valence-corrected chi connectivity index (χ1v) is 9.15. The summed E-state index contributed by atoms with van der Waals surface area (Å²) in [4.78, 5) is 0. The summed E-state index contributed by atoms with van der Waals surface area (Å²) in [6.07, 6.45) is 0. The monoisotopic (exact) mass is 393 g/mol. The van der Waals surface area contributed by atoms with E-state index in [1.165, 1.54) is 6.07 Å². The fourth-order valence-corrected chi connectivity index (χ4v) is 3.21. The molecule has 0 aliphatic rings. The van der Waals surface area contributed by atoms with Gasteiger partial charge in [0.15, 0.2) is 0 Å². The number of nitrogens with one attached hydrogen (secondary N) is 1. The molecule has 4 nitrogen and oxygen atoms in total. The molecule has 6 heteroatoms. The van der Waals surface area contributed by atoms with Gasteiger partial charge in [0.25, 0.3) is 5.89 Å². The van der Waals surface area contributed by atoms with E-state index >= 15 is 0 Å². The van der Waals surface area contributed by atoms with Crippen LogP contribution in [0.25, 0.3) is 11.5 Å². The lowest BCUT2D eigenvalue weighted by atomic mass is 10.1. The van der Waals surface area contributed by atoms with Gasteiger partial charge in [-0.1, -0.05) is 60.1 Å². The van der Waals surface area contributed by atoms with Crippen LogP contribution in [0.5, 0.6) is 0 Å². The summed E-state index contributed by atoms with van der Waals surface area (Å²) in [6.45, 7) is 1.98. The van der Waals surface area contributed by atoms with Crippen LogP contribution < -0.4 is 5.32 Å². The van der Waals surface area contributed by atoms with Crippen molar-refractivity contribution < 1.29 is 8.81 Å². The van der Waals surface area contributed by atoms with Crippen LogP contribution in [0, 0.1) is 12.7 Å². The van der Waals surface area contributed by atoms with Gasteiger partial charge in [-0.3, -0.25) is 0 Å². The molecule has 1 N–H and O–H groups in total. The van der Waals surface area contributed by atoms with E-state index in [1.54, 1.807) is 18.2 Å². The number of hydrogen-bond acceptors (Lipinski definition) is 4. The minimum absolute atomic E-state index is 0.130. The van der Waals surface area contributed by atoms with Gasteiger partial charge in [-0.15, -0.1) is 10.2 Å². The van der Waals surface area contributed by atoms with Gasteiger partial charge in [0.05, 0.1) is 16.3 Å². The largest absolute Gasteiger partial charge is 0.418 e. The molecule has 140 valence electrons. The third-order valence-corrected chi connectivity index (χ3v) is 4.66. The van der Waals surface area contributed by atoms with E-state index in [4.69, 9.17) is 16.0 Å². The second kappa shape index (κ2) is 7.82. The van der Waals surface area contributed by atoms with E-state index in [-0.39, 0.29) is 11.5 Å². The molecule has 1 atom stereocenters. The Morgan fingerprint density at radius 3 is 2.46 bits per heavy atom. The van der Waals surface area contributed by atoms with E-state index in [9.17, 15) is 4.39 Å². The van der Waals surface area contributed by atoms with Crippen LogP contribution in [-0.4, -0.2) is 10.2 Å². The molecule has 4 rings (SSSR count). The molecule has 0 spiro atoms. The van der Waals surface area contributed by atoms with Gasteiger partial charge in [0.2, 0.25) is 5.89 Å². The lowest BCUT2D eigenvalue weighted by Crippen LogP contribution is -2.13. The van der Waals surface area contributed by atoms with Gasteiger partial charge in [-0.05, 0) is 42.3 Å². The fourth-order valence-electron chi connectivity index (χ4n) is 2.92. The number of halogens is 2. The molecule has 0 fully saturated rings. The van der Waals surface area contributed by atoms with E-state index in [2.05, 4.69) is 15.5 Å². The van der Waals surface area contributed by atoms with Crippen molar-refractivity contribution in [3.8, 4) is 11.5 Å². The van der Waals surface area contributed by atoms with Crippen molar-refractivity contribution in [3.63, 3.8) is 0 Å². The Labute approximate surface area is 167 Å². The van der Waals surface area contributed by atoms with Crippen LogP contribution in [0.1, 0.15) is 23.1 Å². The molecular formula is C22H17ClFN3O. The van der Waals surface area contributed by atoms with Crippen molar-refractivity contribution in [2.75, 3.05) is 5.32 Å². The average Bonchev–Trinajstić information content (AvgIpc) is 3.18. The minimum Gasteiger partial charge on any atom is -0.418 e. The summed E-state index contributed by atoms with van der Waals surface area (Å²) in [5.41, 5.74) is 2.99. The van der Waals surface area contributed by atoms with Gasteiger partial charge in [-0.25, -0.2) is 4.39 Å². The third-order valence-electron chi connectivity index (χ3n) is 4.35. The standard InChI is InChI=1S/C22H17ClFN3O/c1-14-11-12-19(17(23)13-14)25-20(15-7-3-2-4-8-15)22-27-26-21(28-22)16-9-5-6-10-18(16)24/h2-13,20,25H,1H3. The second-order valence-corrected chi connectivity index (χ2v) is 6.80. The predicted octanol–water partition coefficient (Wildman–Crippen LogP) is 6.04. The number of hydrogen-bond donors (Lipinski definition) is 1. The first-order chi connectivity index (χ1) is 13.6. The average molecular weight is 394 g/mol. The van der Waals surface area contributed by atoms with Crippen molar-refractivity contribution >= 4 is 17.3 Å². The normalized spacial score (nSPS) is 12.0. The van der Waals surface area contributed by atoms with E-state index < -0.39 is 11.9 Å². The second-order valence-electron chi connectivity index (χ2n) is 6.40. The molecule has 1 heterocycles. The Kier molecular flexibility index (Phi) is 5.08. The Bertz CT molecular complexity index is 1100. The number of rotatable bonds is 5. The number of aryl methyl sites for hydroxylation is 1. The van der Waals surface area contributed by atoms with Crippen LogP contribution in [0.4, 0.5) is 10.1 Å². The minimum atomic E-state index is -0.436. The van der Waals surface area contributed by atoms with Gasteiger partial charge in [-0.2, -0.15) is 0 Å². The highest BCUT2D eigenvalue weighted by atomic mass is 35.5. The van der Waals surface area contributed by atoms with Crippen molar-refractivity contribution in [1.29, 1.82) is 0 Å². The first-order valence-electron chi connectivity index (χ1n) is 8.78. The molecule has 0 amide bonds. The highest BCUT2D eigenvalue weighted by Crippen LogP contribution is 2.32. The lowest BCUT2D eigenvalue weighted by Gasteiger charge is -2.18. The van der Waals surface area contributed by atoms with Gasteiger partial charge >= 0.3 is 0 Å². The smallest absolute Gasteiger partial charge is 0.250 e. The molecule has 0 radical (unpaired) electrons. The molecule has 0 aliphatic carbocycles. The molecule has 1 unspecified atom stereocenters. The van der Waals surface area contributed by atoms with Crippen LogP contribution in [0.3, 0.4) is 0 Å². The Hall–Kier alpha value is -3.18. The summed E-state index contributed by atoms with van der Waals surface area (Å²) in [5.74, 6) is 0.0374. The summed E-state index contributed by atoms with van der Waals surface area (Å²) >= 11 is 6.39. The predicted molar refractivity (Wildman–Crippen MR) is 108 cm³/mol. The fraction of sp³-hybridized carbons (Fsp3) is 0.0909. The highest BCUT2D eigenvalue weighted by Gasteiger charge is 2.23. The quantitative estimate of drug-likeness (QED) is 0.449. The van der Waals surface area contributed by atoms with Crippen LogP contribution >= 0.6 is 11.6 Å². The maximum atomic E-state index is 14.1. The van der Waals surface area contributed by atoms with Crippen molar-refractivity contribution in [2.45, 2.75) is 13.0 Å². The lowest BCUT2D eigenvalue weighted by molar-refractivity contribution is 0.490. The molecule has 0 saturated carbocycles. The van der Waals surface area contributed by atoms with E-state index in [0.29, 0.717) is 10.9 Å². The zero-order valence-corrected chi connectivity index (χ0v) is 15.8. The third kappa shape index (κ3) is 3.75. The molecule has 1 aromatic heterocycles. The van der Waals surface area contributed by atoms with Crippen LogP contribution in [0.2, 0.25) is 5.02 Å². The zero-order valence-electron chi connectivity index (χ0n) is 15.1. The Morgan fingerprint density at radius 2 is 1.71 bits per heavy atom. The molecule has 4 aromatic rings. The number of anilines is 1. The van der Waals surface area contributed by atoms with Gasteiger partial charge in [0, 0.05) is 0 Å². The van der Waals surface area contributed by atoms with E-state index in [1.807, 2.05) is 55.5 Å². The molecule has 28 heavy (non-hydrogen) atoms. The molecule has 0 bridgehead atoms. The van der Waals surface area contributed by atoms with Crippen molar-refractivity contribution in [1.82, 2.24) is 10.2 Å². The highest BCUT2D eigenvalue weighted by molar-refractivity contribution is 6.33. The molecule has 0 saturated heterocycles. The van der Waals surface area contributed by atoms with Crippen LogP contribution in [-0.2, 0) is 0 Å². The molecule has 0 aliphatic heterocycles. The topological polar surface area (TPSA) is 51.0 Å². The summed E-state index contributed by atoms with van der Waals surface area (Å²) < 4.78 is 19.9.